The second kappa shape index (κ2) is 8.40. The maximum Gasteiger partial charge on any atom is 0.311 e. The molecule has 1 aromatic rings. The fourth-order valence-electron chi connectivity index (χ4n) is 3.98. The first-order chi connectivity index (χ1) is 12.9. The highest BCUT2D eigenvalue weighted by atomic mass is 16.5. The summed E-state index contributed by atoms with van der Waals surface area (Å²) in [6, 6.07) is 8.02. The van der Waals surface area contributed by atoms with Gasteiger partial charge in [-0.1, -0.05) is 26.0 Å². The van der Waals surface area contributed by atoms with Crippen LogP contribution in [0, 0.1) is 5.92 Å². The first kappa shape index (κ1) is 19.8. The van der Waals surface area contributed by atoms with Crippen LogP contribution in [-0.4, -0.2) is 55.7 Å². The number of rotatable bonds is 5. The van der Waals surface area contributed by atoms with E-state index in [-0.39, 0.29) is 23.4 Å². The average Bonchev–Trinajstić information content (AvgIpc) is 3.07. The number of amides is 1. The second-order valence-electron chi connectivity index (χ2n) is 8.02. The highest BCUT2D eigenvalue weighted by Gasteiger charge is 2.45. The van der Waals surface area contributed by atoms with Crippen molar-refractivity contribution in [2.45, 2.75) is 44.6 Å². The Morgan fingerprint density at radius 3 is 2.52 bits per heavy atom. The number of hydrogen-bond acceptors (Lipinski definition) is 5. The molecule has 27 heavy (non-hydrogen) atoms. The number of anilines is 1. The molecule has 6 heteroatoms. The van der Waals surface area contributed by atoms with Crippen molar-refractivity contribution in [3.05, 3.63) is 29.8 Å². The van der Waals surface area contributed by atoms with E-state index < -0.39 is 0 Å². The predicted molar refractivity (Wildman–Crippen MR) is 104 cm³/mol. The molecule has 0 aliphatic carbocycles. The van der Waals surface area contributed by atoms with Crippen LogP contribution in [0.1, 0.15) is 44.6 Å². The van der Waals surface area contributed by atoms with Crippen LogP contribution in [0.15, 0.2) is 24.3 Å². The number of likely N-dealkylation sites (tertiary alicyclic amines) is 1. The molecular formula is C21H30N2O4. The summed E-state index contributed by atoms with van der Waals surface area (Å²) in [5, 5.41) is 2.97. The third-order valence-corrected chi connectivity index (χ3v) is 5.74. The van der Waals surface area contributed by atoms with Crippen molar-refractivity contribution in [1.29, 1.82) is 0 Å². The number of hydrogen-bond donors (Lipinski definition) is 1. The van der Waals surface area contributed by atoms with Crippen LogP contribution in [0.2, 0.25) is 0 Å². The summed E-state index contributed by atoms with van der Waals surface area (Å²) >= 11 is 0. The van der Waals surface area contributed by atoms with Gasteiger partial charge >= 0.3 is 5.97 Å². The lowest BCUT2D eigenvalue weighted by molar-refractivity contribution is -0.145. The van der Waals surface area contributed by atoms with Crippen LogP contribution in [0.3, 0.4) is 0 Å². The zero-order valence-electron chi connectivity index (χ0n) is 16.5. The number of nitrogens with zero attached hydrogens (tertiary/aromatic N) is 1. The maximum atomic E-state index is 12.3. The minimum absolute atomic E-state index is 0.00280. The van der Waals surface area contributed by atoms with Crippen molar-refractivity contribution in [3.63, 3.8) is 0 Å². The average molecular weight is 374 g/mol. The van der Waals surface area contributed by atoms with E-state index in [1.165, 1.54) is 12.7 Å². The van der Waals surface area contributed by atoms with E-state index in [9.17, 15) is 9.59 Å². The number of piperidine rings is 1. The monoisotopic (exact) mass is 374 g/mol. The number of esters is 1. The van der Waals surface area contributed by atoms with Gasteiger partial charge in [-0.3, -0.25) is 14.5 Å². The second-order valence-corrected chi connectivity index (χ2v) is 8.02. The SMILES string of the molecule is COC(=O)C1COC2(CCN(CC(=O)Nc3ccc(C(C)C)cc3)CC2)C1. The van der Waals surface area contributed by atoms with Gasteiger partial charge < -0.3 is 14.8 Å². The van der Waals surface area contributed by atoms with Crippen molar-refractivity contribution in [2.24, 2.45) is 5.92 Å². The Bertz CT molecular complexity index is 663. The Morgan fingerprint density at radius 1 is 1.26 bits per heavy atom. The Kier molecular flexibility index (Phi) is 6.17. The van der Waals surface area contributed by atoms with E-state index in [1.54, 1.807) is 0 Å². The first-order valence-corrected chi connectivity index (χ1v) is 9.75. The number of carbonyl (C=O) groups excluding carboxylic acids is 2. The highest BCUT2D eigenvalue weighted by molar-refractivity contribution is 5.92. The molecule has 3 rings (SSSR count). The molecule has 148 valence electrons. The van der Waals surface area contributed by atoms with Gasteiger partial charge in [-0.25, -0.2) is 0 Å². The topological polar surface area (TPSA) is 67.9 Å². The minimum Gasteiger partial charge on any atom is -0.469 e. The molecule has 1 N–H and O–H groups in total. The van der Waals surface area contributed by atoms with Crippen molar-refractivity contribution in [1.82, 2.24) is 4.90 Å². The maximum absolute atomic E-state index is 12.3. The van der Waals surface area contributed by atoms with E-state index in [2.05, 4.69) is 36.2 Å². The van der Waals surface area contributed by atoms with Gasteiger partial charge in [-0.2, -0.15) is 0 Å². The van der Waals surface area contributed by atoms with E-state index in [0.29, 0.717) is 19.1 Å². The Hall–Kier alpha value is -1.92. The van der Waals surface area contributed by atoms with E-state index in [1.807, 2.05) is 12.1 Å². The number of methoxy groups -OCH3 is 1. The Morgan fingerprint density at radius 2 is 1.93 bits per heavy atom. The normalized spacial score (nSPS) is 22.1. The molecule has 2 aliphatic heterocycles. The minimum atomic E-state index is -0.224. The molecule has 2 saturated heterocycles. The molecule has 1 unspecified atom stereocenters. The summed E-state index contributed by atoms with van der Waals surface area (Å²) in [6.45, 7) is 6.72. The van der Waals surface area contributed by atoms with Crippen molar-refractivity contribution >= 4 is 17.6 Å². The molecular weight excluding hydrogens is 344 g/mol. The van der Waals surface area contributed by atoms with Gasteiger partial charge in [0.15, 0.2) is 0 Å². The van der Waals surface area contributed by atoms with Gasteiger partial charge in [0.1, 0.15) is 0 Å². The zero-order chi connectivity index (χ0) is 19.4. The van der Waals surface area contributed by atoms with Crippen LogP contribution in [-0.2, 0) is 19.1 Å². The fourth-order valence-corrected chi connectivity index (χ4v) is 3.98. The van der Waals surface area contributed by atoms with E-state index in [4.69, 9.17) is 9.47 Å². The molecule has 2 heterocycles. The van der Waals surface area contributed by atoms with Crippen LogP contribution in [0.5, 0.6) is 0 Å². The summed E-state index contributed by atoms with van der Waals surface area (Å²) in [5.41, 5.74) is 1.87. The van der Waals surface area contributed by atoms with Gasteiger partial charge in [0.25, 0.3) is 0 Å². The molecule has 1 aromatic carbocycles. The Balaban J connectivity index is 1.45. The highest BCUT2D eigenvalue weighted by Crippen LogP contribution is 2.38. The lowest BCUT2D eigenvalue weighted by Crippen LogP contribution is -2.46. The summed E-state index contributed by atoms with van der Waals surface area (Å²) in [7, 11) is 1.42. The standard InChI is InChI=1S/C21H30N2O4/c1-15(2)16-4-6-18(7-5-16)22-19(24)13-23-10-8-21(9-11-23)12-17(14-27-21)20(25)26-3/h4-7,15,17H,8-14H2,1-3H3,(H,22,24). The largest absolute Gasteiger partial charge is 0.469 e. The van der Waals surface area contributed by atoms with Crippen molar-refractivity contribution < 1.29 is 19.1 Å². The molecule has 2 aliphatic rings. The Labute approximate surface area is 161 Å². The predicted octanol–water partition coefficient (Wildman–Crippen LogP) is 2.79. The van der Waals surface area contributed by atoms with Crippen molar-refractivity contribution in [2.75, 3.05) is 38.7 Å². The summed E-state index contributed by atoms with van der Waals surface area (Å²) in [5.74, 6) is 0.144. The zero-order valence-corrected chi connectivity index (χ0v) is 16.5. The van der Waals surface area contributed by atoms with Crippen LogP contribution >= 0.6 is 0 Å². The lowest BCUT2D eigenvalue weighted by Gasteiger charge is -2.38. The molecule has 1 spiro atoms. The third-order valence-electron chi connectivity index (χ3n) is 5.74. The molecule has 2 fully saturated rings. The van der Waals surface area contributed by atoms with Crippen molar-refractivity contribution in [3.8, 4) is 0 Å². The molecule has 0 saturated carbocycles. The van der Waals surface area contributed by atoms with E-state index >= 15 is 0 Å². The van der Waals surface area contributed by atoms with Crippen LogP contribution < -0.4 is 5.32 Å². The smallest absolute Gasteiger partial charge is 0.311 e. The number of benzene rings is 1. The molecule has 1 amide bonds. The molecule has 0 aromatic heterocycles. The molecule has 1 atom stereocenters. The first-order valence-electron chi connectivity index (χ1n) is 9.75. The summed E-state index contributed by atoms with van der Waals surface area (Å²) in [4.78, 5) is 26.2. The van der Waals surface area contributed by atoms with Gasteiger partial charge in [0, 0.05) is 18.8 Å². The van der Waals surface area contributed by atoms with Gasteiger partial charge in [-0.05, 0) is 42.9 Å². The summed E-state index contributed by atoms with van der Waals surface area (Å²) in [6.07, 6.45) is 2.41. The van der Waals surface area contributed by atoms with Gasteiger partial charge in [0.2, 0.25) is 5.91 Å². The molecule has 6 nitrogen and oxygen atoms in total. The van der Waals surface area contributed by atoms with Gasteiger partial charge in [-0.15, -0.1) is 0 Å². The van der Waals surface area contributed by atoms with Crippen LogP contribution in [0.25, 0.3) is 0 Å². The lowest BCUT2D eigenvalue weighted by atomic mass is 9.85. The van der Waals surface area contributed by atoms with E-state index in [0.717, 1.165) is 38.0 Å². The molecule has 0 radical (unpaired) electrons. The number of nitrogens with one attached hydrogen (secondary N) is 1. The third kappa shape index (κ3) is 4.87. The number of carbonyl (C=O) groups is 2. The van der Waals surface area contributed by atoms with Crippen LogP contribution in [0.4, 0.5) is 5.69 Å². The fraction of sp³-hybridized carbons (Fsp3) is 0.619. The quantitative estimate of drug-likeness (QED) is 0.803. The summed E-state index contributed by atoms with van der Waals surface area (Å²) < 4.78 is 10.8. The molecule has 0 bridgehead atoms. The van der Waals surface area contributed by atoms with Gasteiger partial charge in [0.05, 0.1) is 31.8 Å². The number of ether oxygens (including phenoxy) is 2.